The average Bonchev–Trinajstić information content (AvgIpc) is 3.72. The molecule has 2 fully saturated rings. The third kappa shape index (κ3) is 7.52. The molecule has 44 heavy (non-hydrogen) atoms. The van der Waals surface area contributed by atoms with Crippen LogP contribution in [0.2, 0.25) is 5.02 Å². The molecule has 5 rings (SSSR count). The summed E-state index contributed by atoms with van der Waals surface area (Å²) in [5, 5.41) is 5.69. The normalized spacial score (nSPS) is 19.8. The van der Waals surface area contributed by atoms with Gasteiger partial charge in [-0.15, -0.1) is 0 Å². The fourth-order valence-corrected chi connectivity index (χ4v) is 6.66. The highest BCUT2D eigenvalue weighted by Gasteiger charge is 2.42. The highest BCUT2D eigenvalue weighted by Crippen LogP contribution is 2.42. The van der Waals surface area contributed by atoms with Crippen LogP contribution >= 0.6 is 11.6 Å². The summed E-state index contributed by atoms with van der Waals surface area (Å²) < 4.78 is 49.0. The maximum Gasteiger partial charge on any atom is 0.323 e. The van der Waals surface area contributed by atoms with E-state index in [1.54, 1.807) is 30.6 Å². The van der Waals surface area contributed by atoms with E-state index in [1.165, 1.54) is 42.5 Å². The lowest BCUT2D eigenvalue weighted by molar-refractivity contribution is -0.119. The van der Waals surface area contributed by atoms with Crippen LogP contribution in [0.1, 0.15) is 43.2 Å². The van der Waals surface area contributed by atoms with Crippen molar-refractivity contribution in [3.63, 3.8) is 0 Å². The fraction of sp³-hybridized carbons (Fsp3) is 0.400. The summed E-state index contributed by atoms with van der Waals surface area (Å²) in [5.74, 6) is -0.609. The van der Waals surface area contributed by atoms with E-state index in [4.69, 9.17) is 16.3 Å². The number of urea groups is 1. The fourth-order valence-electron chi connectivity index (χ4n) is 5.58. The van der Waals surface area contributed by atoms with Gasteiger partial charge in [0.25, 0.3) is 0 Å². The Bertz CT molecular complexity index is 1610. The molecule has 3 amide bonds. The number of carbonyl (C=O) groups is 2. The predicted molar refractivity (Wildman–Crippen MR) is 164 cm³/mol. The number of nitrogens with zero attached hydrogens (tertiary/aromatic N) is 3. The molecule has 3 aromatic rings. The smallest absolute Gasteiger partial charge is 0.323 e. The Kier molecular flexibility index (Phi) is 9.49. The minimum absolute atomic E-state index is 0.126. The molecule has 3 N–H and O–H groups in total. The molecule has 1 aromatic carbocycles. The van der Waals surface area contributed by atoms with Gasteiger partial charge in [-0.2, -0.15) is 0 Å². The molecule has 234 valence electrons. The number of methoxy groups -OCH3 is 1. The second kappa shape index (κ2) is 13.1. The Balaban J connectivity index is 1.45. The highest BCUT2D eigenvalue weighted by atomic mass is 35.5. The molecule has 11 nitrogen and oxygen atoms in total. The van der Waals surface area contributed by atoms with Gasteiger partial charge in [0, 0.05) is 38.7 Å². The zero-order chi connectivity index (χ0) is 31.5. The number of amides is 3. The van der Waals surface area contributed by atoms with Crippen molar-refractivity contribution < 1.29 is 27.1 Å². The van der Waals surface area contributed by atoms with Crippen LogP contribution in [0, 0.1) is 11.7 Å². The van der Waals surface area contributed by atoms with Gasteiger partial charge in [-0.1, -0.05) is 30.5 Å². The quantitative estimate of drug-likeness (QED) is 0.279. The maximum absolute atomic E-state index is 15.3. The molecule has 0 bridgehead atoms. The van der Waals surface area contributed by atoms with Gasteiger partial charge < -0.3 is 15.0 Å². The molecule has 1 saturated carbocycles. The van der Waals surface area contributed by atoms with Crippen LogP contribution < -0.4 is 15.4 Å². The number of sulfonamides is 1. The van der Waals surface area contributed by atoms with Gasteiger partial charge in [-0.3, -0.25) is 15.1 Å². The molecule has 14 heteroatoms. The molecular formula is C30H34ClFN6O5S. The predicted octanol–water partition coefficient (Wildman–Crippen LogP) is 4.51. The number of nitrogens with one attached hydrogen (secondary N) is 3. The highest BCUT2D eigenvalue weighted by molar-refractivity contribution is 7.88. The molecule has 2 aliphatic rings. The Hall–Kier alpha value is -3.65. The van der Waals surface area contributed by atoms with E-state index in [2.05, 4.69) is 25.3 Å². The molecule has 0 spiro atoms. The Morgan fingerprint density at radius 3 is 2.50 bits per heavy atom. The molecule has 3 atom stereocenters. The van der Waals surface area contributed by atoms with Crippen molar-refractivity contribution in [2.45, 2.75) is 49.8 Å². The van der Waals surface area contributed by atoms with Crippen LogP contribution in [0.5, 0.6) is 0 Å². The van der Waals surface area contributed by atoms with Crippen LogP contribution in [-0.4, -0.2) is 67.3 Å². The van der Waals surface area contributed by atoms with Crippen LogP contribution in [0.15, 0.2) is 61.1 Å². The van der Waals surface area contributed by atoms with E-state index in [0.29, 0.717) is 28.5 Å². The summed E-state index contributed by atoms with van der Waals surface area (Å²) in [6, 6.07) is 9.15. The first-order valence-corrected chi connectivity index (χ1v) is 16.5. The van der Waals surface area contributed by atoms with Crippen molar-refractivity contribution in [3.05, 3.63) is 83.0 Å². The molecule has 1 unspecified atom stereocenters. The second-order valence-electron chi connectivity index (χ2n) is 11.2. The summed E-state index contributed by atoms with van der Waals surface area (Å²) >= 11 is 5.89. The van der Waals surface area contributed by atoms with Crippen molar-refractivity contribution in [2.24, 2.45) is 5.92 Å². The summed E-state index contributed by atoms with van der Waals surface area (Å²) in [5.41, 5.74) is -0.289. The number of hydrogen-bond donors (Lipinski definition) is 3. The standard InChI is InChI=1S/C30H34ClFN6O5S/c1-43-23-16-26(38(18-23)29(40)36-27-8-6-22(31)17-34-27)28(39)35-25-15-21(5-7-24(25)32)30(37-44(2,41)42,12-9-19-3-4-19)20-10-13-33-14-11-20/h5-8,10-11,13-15,17,19,23,26,37H,3-4,9,12,16,18H2,1-2H3,(H,35,39)(H,34,36,40)/t23-,26-,30?/m1/s1. The largest absolute Gasteiger partial charge is 0.380 e. The van der Waals surface area contributed by atoms with Crippen LogP contribution in [0.4, 0.5) is 20.7 Å². The molecule has 1 aliphatic carbocycles. The molecule has 1 saturated heterocycles. The van der Waals surface area contributed by atoms with Crippen molar-refractivity contribution in [1.82, 2.24) is 19.6 Å². The zero-order valence-corrected chi connectivity index (χ0v) is 25.9. The topological polar surface area (TPSA) is 143 Å². The number of halogens is 2. The molecule has 0 radical (unpaired) electrons. The monoisotopic (exact) mass is 644 g/mol. The van der Waals surface area contributed by atoms with Crippen LogP contribution in [-0.2, 0) is 25.1 Å². The molecule has 3 heterocycles. The SMILES string of the molecule is CO[C@@H]1C[C@H](C(=O)Nc2cc(C(CCC3CC3)(NS(C)(=O)=O)c3ccncc3)ccc2F)N(C(=O)Nc2ccc(Cl)cn2)C1. The Morgan fingerprint density at radius 2 is 1.86 bits per heavy atom. The number of anilines is 2. The maximum atomic E-state index is 15.3. The molecular weight excluding hydrogens is 611 g/mol. The van der Waals surface area contributed by atoms with E-state index in [1.807, 2.05) is 0 Å². The summed E-state index contributed by atoms with van der Waals surface area (Å²) in [6.07, 6.45) is 8.67. The number of benzene rings is 1. The first kappa shape index (κ1) is 31.8. The van der Waals surface area contributed by atoms with Crippen LogP contribution in [0.3, 0.4) is 0 Å². The number of ether oxygens (including phenoxy) is 1. The third-order valence-corrected chi connectivity index (χ3v) is 8.94. The van der Waals surface area contributed by atoms with E-state index in [9.17, 15) is 18.0 Å². The van der Waals surface area contributed by atoms with Gasteiger partial charge in [0.05, 0.1) is 28.6 Å². The lowest BCUT2D eigenvalue weighted by Gasteiger charge is -2.36. The Morgan fingerprint density at radius 1 is 1.11 bits per heavy atom. The van der Waals surface area contributed by atoms with Crippen molar-refractivity contribution >= 4 is 45.1 Å². The zero-order valence-electron chi connectivity index (χ0n) is 24.3. The van der Waals surface area contributed by atoms with Crippen molar-refractivity contribution in [1.29, 1.82) is 0 Å². The minimum atomic E-state index is -3.75. The van der Waals surface area contributed by atoms with Crippen molar-refractivity contribution in [2.75, 3.05) is 30.5 Å². The number of pyridine rings is 2. The van der Waals surface area contributed by atoms with Crippen LogP contribution in [0.25, 0.3) is 0 Å². The molecule has 1 aliphatic heterocycles. The van der Waals surface area contributed by atoms with E-state index in [0.717, 1.165) is 25.5 Å². The minimum Gasteiger partial charge on any atom is -0.380 e. The lowest BCUT2D eigenvalue weighted by Crippen LogP contribution is -2.47. The number of rotatable bonds is 11. The van der Waals surface area contributed by atoms with Gasteiger partial charge in [0.1, 0.15) is 17.7 Å². The van der Waals surface area contributed by atoms with E-state index < -0.39 is 45.5 Å². The number of hydrogen-bond acceptors (Lipinski definition) is 7. The lowest BCUT2D eigenvalue weighted by atomic mass is 9.79. The first-order valence-electron chi connectivity index (χ1n) is 14.2. The van der Waals surface area contributed by atoms with Gasteiger partial charge in [0.2, 0.25) is 15.9 Å². The molecule has 2 aromatic heterocycles. The third-order valence-electron chi connectivity index (χ3n) is 8.00. The second-order valence-corrected chi connectivity index (χ2v) is 13.4. The summed E-state index contributed by atoms with van der Waals surface area (Å²) in [7, 11) is -2.26. The van der Waals surface area contributed by atoms with E-state index in [-0.39, 0.29) is 24.5 Å². The van der Waals surface area contributed by atoms with Crippen molar-refractivity contribution in [3.8, 4) is 0 Å². The number of carbonyl (C=O) groups excluding carboxylic acids is 2. The van der Waals surface area contributed by atoms with Gasteiger partial charge >= 0.3 is 6.03 Å². The number of likely N-dealkylation sites (tertiary alicyclic amines) is 1. The van der Waals surface area contributed by atoms with E-state index >= 15 is 4.39 Å². The summed E-state index contributed by atoms with van der Waals surface area (Å²) in [4.78, 5) is 36.2. The van der Waals surface area contributed by atoms with Gasteiger partial charge in [0.15, 0.2) is 0 Å². The first-order chi connectivity index (χ1) is 21.0. The van der Waals surface area contributed by atoms with Gasteiger partial charge in [-0.25, -0.2) is 27.3 Å². The van der Waals surface area contributed by atoms with Gasteiger partial charge in [-0.05, 0) is 66.3 Å². The average molecular weight is 645 g/mol. The Labute approximate surface area is 260 Å². The number of aromatic nitrogens is 2. The summed E-state index contributed by atoms with van der Waals surface area (Å²) in [6.45, 7) is 0.126.